The van der Waals surface area contributed by atoms with Gasteiger partial charge in [0.15, 0.2) is 0 Å². The van der Waals surface area contributed by atoms with E-state index in [1.807, 2.05) is 49.4 Å². The molecule has 0 saturated heterocycles. The summed E-state index contributed by atoms with van der Waals surface area (Å²) in [7, 11) is 0. The minimum absolute atomic E-state index is 0.336. The van der Waals surface area contributed by atoms with E-state index in [1.165, 1.54) is 0 Å². The molecule has 0 fully saturated rings. The van der Waals surface area contributed by atoms with Crippen LogP contribution >= 0.6 is 11.6 Å². The zero-order valence-electron chi connectivity index (χ0n) is 12.1. The Balaban J connectivity index is 1.87. The lowest BCUT2D eigenvalue weighted by Gasteiger charge is -2.16. The van der Waals surface area contributed by atoms with Gasteiger partial charge < -0.3 is 4.74 Å². The molecule has 3 aromatic rings. The fraction of sp³-hybridized carbons (Fsp3) is 0.105. The minimum atomic E-state index is -0.372. The SMILES string of the molecule is CC(OC(=O)c1cccc(Cl)c1)c1cccc2ccccc12. The van der Waals surface area contributed by atoms with Crippen LogP contribution in [0.1, 0.15) is 28.9 Å². The second kappa shape index (κ2) is 6.20. The highest BCUT2D eigenvalue weighted by molar-refractivity contribution is 6.30. The van der Waals surface area contributed by atoms with Gasteiger partial charge in [0.2, 0.25) is 0 Å². The average Bonchev–Trinajstić information content (AvgIpc) is 2.54. The number of esters is 1. The molecule has 2 nitrogen and oxygen atoms in total. The molecule has 0 spiro atoms. The van der Waals surface area contributed by atoms with Crippen molar-refractivity contribution in [3.05, 3.63) is 82.9 Å². The van der Waals surface area contributed by atoms with E-state index in [0.717, 1.165) is 16.3 Å². The van der Waals surface area contributed by atoms with Gasteiger partial charge in [0.05, 0.1) is 5.56 Å². The predicted molar refractivity (Wildman–Crippen MR) is 89.2 cm³/mol. The van der Waals surface area contributed by atoms with Crippen molar-refractivity contribution in [1.29, 1.82) is 0 Å². The van der Waals surface area contributed by atoms with Gasteiger partial charge in [-0.15, -0.1) is 0 Å². The van der Waals surface area contributed by atoms with Gasteiger partial charge >= 0.3 is 5.97 Å². The minimum Gasteiger partial charge on any atom is -0.454 e. The zero-order valence-corrected chi connectivity index (χ0v) is 12.9. The van der Waals surface area contributed by atoms with Crippen molar-refractivity contribution in [2.24, 2.45) is 0 Å². The monoisotopic (exact) mass is 310 g/mol. The van der Waals surface area contributed by atoms with Crippen LogP contribution < -0.4 is 0 Å². The predicted octanol–water partition coefficient (Wildman–Crippen LogP) is 5.41. The Hall–Kier alpha value is -2.32. The lowest BCUT2D eigenvalue weighted by Crippen LogP contribution is -2.09. The second-order valence-electron chi connectivity index (χ2n) is 5.13. The van der Waals surface area contributed by atoms with E-state index in [-0.39, 0.29) is 12.1 Å². The Morgan fingerprint density at radius 2 is 1.73 bits per heavy atom. The number of carbonyl (C=O) groups is 1. The van der Waals surface area contributed by atoms with Gasteiger partial charge in [0.1, 0.15) is 6.10 Å². The number of ether oxygens (including phenoxy) is 1. The molecular formula is C19H15ClO2. The summed E-state index contributed by atoms with van der Waals surface area (Å²) >= 11 is 5.91. The summed E-state index contributed by atoms with van der Waals surface area (Å²) in [5, 5.41) is 2.74. The van der Waals surface area contributed by atoms with Crippen molar-refractivity contribution in [2.75, 3.05) is 0 Å². The summed E-state index contributed by atoms with van der Waals surface area (Å²) in [5.41, 5.74) is 1.45. The molecule has 3 aromatic carbocycles. The van der Waals surface area contributed by atoms with E-state index in [4.69, 9.17) is 16.3 Å². The third-order valence-electron chi connectivity index (χ3n) is 3.61. The van der Waals surface area contributed by atoms with Crippen LogP contribution in [0.5, 0.6) is 0 Å². The van der Waals surface area contributed by atoms with Crippen molar-refractivity contribution < 1.29 is 9.53 Å². The van der Waals surface area contributed by atoms with E-state index < -0.39 is 0 Å². The summed E-state index contributed by atoms with van der Waals surface area (Å²) in [6.45, 7) is 1.88. The third-order valence-corrected chi connectivity index (χ3v) is 3.84. The fourth-order valence-corrected chi connectivity index (χ4v) is 2.70. The molecule has 0 aliphatic rings. The molecule has 0 saturated carbocycles. The van der Waals surface area contributed by atoms with Gasteiger partial charge in [-0.25, -0.2) is 4.79 Å². The van der Waals surface area contributed by atoms with Gasteiger partial charge in [-0.3, -0.25) is 0 Å². The van der Waals surface area contributed by atoms with Crippen LogP contribution in [-0.4, -0.2) is 5.97 Å². The molecule has 0 radical (unpaired) electrons. The number of carbonyl (C=O) groups excluding carboxylic acids is 1. The van der Waals surface area contributed by atoms with Gasteiger partial charge in [-0.2, -0.15) is 0 Å². The molecule has 0 heterocycles. The Morgan fingerprint density at radius 1 is 1.00 bits per heavy atom. The van der Waals surface area contributed by atoms with E-state index in [2.05, 4.69) is 0 Å². The molecule has 0 aromatic heterocycles. The van der Waals surface area contributed by atoms with Crippen LogP contribution in [0.3, 0.4) is 0 Å². The van der Waals surface area contributed by atoms with Crippen LogP contribution in [0.2, 0.25) is 5.02 Å². The highest BCUT2D eigenvalue weighted by Gasteiger charge is 2.15. The molecule has 3 rings (SSSR count). The van der Waals surface area contributed by atoms with Crippen molar-refractivity contribution in [2.45, 2.75) is 13.0 Å². The van der Waals surface area contributed by atoms with Crippen LogP contribution in [0, 0.1) is 0 Å². The number of hydrogen-bond donors (Lipinski definition) is 0. The maximum atomic E-state index is 12.2. The van der Waals surface area contributed by atoms with Crippen molar-refractivity contribution in [1.82, 2.24) is 0 Å². The Bertz CT molecular complexity index is 821. The molecular weight excluding hydrogens is 296 g/mol. The van der Waals surface area contributed by atoms with E-state index >= 15 is 0 Å². The molecule has 0 N–H and O–H groups in total. The van der Waals surface area contributed by atoms with Gasteiger partial charge in [0, 0.05) is 5.02 Å². The number of benzene rings is 3. The van der Waals surface area contributed by atoms with Crippen molar-refractivity contribution in [3.63, 3.8) is 0 Å². The number of rotatable bonds is 3. The summed E-state index contributed by atoms with van der Waals surface area (Å²) in [5.74, 6) is -0.372. The first kappa shape index (κ1) is 14.6. The highest BCUT2D eigenvalue weighted by atomic mass is 35.5. The summed E-state index contributed by atoms with van der Waals surface area (Å²) in [6.07, 6.45) is -0.336. The first-order valence-electron chi connectivity index (χ1n) is 7.09. The Labute approximate surface area is 134 Å². The van der Waals surface area contributed by atoms with Gasteiger partial charge in [-0.1, -0.05) is 60.1 Å². The third kappa shape index (κ3) is 2.97. The molecule has 110 valence electrons. The van der Waals surface area contributed by atoms with Crippen LogP contribution in [0.15, 0.2) is 66.7 Å². The smallest absolute Gasteiger partial charge is 0.338 e. The average molecular weight is 311 g/mol. The summed E-state index contributed by atoms with van der Waals surface area (Å²) < 4.78 is 5.59. The number of hydrogen-bond acceptors (Lipinski definition) is 2. The lowest BCUT2D eigenvalue weighted by atomic mass is 10.0. The largest absolute Gasteiger partial charge is 0.454 e. The zero-order chi connectivity index (χ0) is 15.5. The lowest BCUT2D eigenvalue weighted by molar-refractivity contribution is 0.0341. The number of fused-ring (bicyclic) bond motifs is 1. The molecule has 0 aliphatic heterocycles. The van der Waals surface area contributed by atoms with E-state index in [1.54, 1.807) is 24.3 Å². The van der Waals surface area contributed by atoms with Gasteiger partial charge in [-0.05, 0) is 41.5 Å². The number of halogens is 1. The maximum Gasteiger partial charge on any atom is 0.338 e. The van der Waals surface area contributed by atoms with Crippen molar-refractivity contribution >= 4 is 28.3 Å². The van der Waals surface area contributed by atoms with Crippen LogP contribution in [-0.2, 0) is 4.74 Å². The molecule has 0 bridgehead atoms. The maximum absolute atomic E-state index is 12.2. The summed E-state index contributed by atoms with van der Waals surface area (Å²) in [6, 6.07) is 20.8. The molecule has 1 unspecified atom stereocenters. The second-order valence-corrected chi connectivity index (χ2v) is 5.56. The normalized spacial score (nSPS) is 12.1. The van der Waals surface area contributed by atoms with Crippen molar-refractivity contribution in [3.8, 4) is 0 Å². The first-order valence-corrected chi connectivity index (χ1v) is 7.47. The Morgan fingerprint density at radius 3 is 2.55 bits per heavy atom. The van der Waals surface area contributed by atoms with E-state index in [0.29, 0.717) is 10.6 Å². The highest BCUT2D eigenvalue weighted by Crippen LogP contribution is 2.27. The quantitative estimate of drug-likeness (QED) is 0.604. The van der Waals surface area contributed by atoms with Gasteiger partial charge in [0.25, 0.3) is 0 Å². The van der Waals surface area contributed by atoms with Crippen LogP contribution in [0.25, 0.3) is 10.8 Å². The molecule has 3 heteroatoms. The standard InChI is InChI=1S/C19H15ClO2/c1-13(22-19(21)15-8-4-9-16(20)12-15)17-11-5-7-14-6-2-3-10-18(14)17/h2-13H,1H3. The topological polar surface area (TPSA) is 26.3 Å². The van der Waals surface area contributed by atoms with Crippen LogP contribution in [0.4, 0.5) is 0 Å². The molecule has 22 heavy (non-hydrogen) atoms. The van der Waals surface area contributed by atoms with E-state index in [9.17, 15) is 4.79 Å². The first-order chi connectivity index (χ1) is 10.6. The fourth-order valence-electron chi connectivity index (χ4n) is 2.51. The molecule has 0 aliphatic carbocycles. The molecule has 1 atom stereocenters. The molecule has 0 amide bonds. The summed E-state index contributed by atoms with van der Waals surface area (Å²) in [4.78, 5) is 12.2. The Kier molecular flexibility index (Phi) is 4.12.